The summed E-state index contributed by atoms with van der Waals surface area (Å²) in [5, 5.41) is 13.1. The molecule has 20 heavy (non-hydrogen) atoms. The lowest BCUT2D eigenvalue weighted by Gasteiger charge is -2.21. The first-order chi connectivity index (χ1) is 9.54. The Hall–Kier alpha value is -1.58. The topological polar surface area (TPSA) is 113 Å². The van der Waals surface area contributed by atoms with Crippen LogP contribution in [0.1, 0.15) is 12.8 Å². The van der Waals surface area contributed by atoms with Crippen molar-refractivity contribution in [2.75, 3.05) is 13.2 Å². The molecule has 0 aliphatic carbocycles. The van der Waals surface area contributed by atoms with Crippen LogP contribution >= 0.6 is 0 Å². The van der Waals surface area contributed by atoms with Crippen LogP contribution < -0.4 is 5.14 Å². The lowest BCUT2D eigenvalue weighted by molar-refractivity contribution is 0.0603. The second-order valence-corrected chi connectivity index (χ2v) is 6.45. The van der Waals surface area contributed by atoms with Gasteiger partial charge in [-0.1, -0.05) is 5.21 Å². The molecular weight excluding hydrogens is 282 g/mol. The van der Waals surface area contributed by atoms with Gasteiger partial charge in [0.05, 0.1) is 0 Å². The van der Waals surface area contributed by atoms with Gasteiger partial charge in [0.2, 0.25) is 10.0 Å². The number of sulfonamides is 1. The fourth-order valence-electron chi connectivity index (χ4n) is 2.30. The van der Waals surface area contributed by atoms with Crippen LogP contribution in [0.25, 0.3) is 11.2 Å². The number of hydrogen-bond donors (Lipinski definition) is 1. The molecule has 0 atom stereocenters. The molecule has 2 aromatic rings. The van der Waals surface area contributed by atoms with E-state index in [1.54, 1.807) is 4.68 Å². The lowest BCUT2D eigenvalue weighted by Crippen LogP contribution is -2.21. The molecule has 0 radical (unpaired) electrons. The van der Waals surface area contributed by atoms with Crippen LogP contribution in [-0.4, -0.2) is 41.6 Å². The number of nitrogens with zero attached hydrogens (tertiary/aromatic N) is 4. The normalized spacial score (nSPS) is 17.6. The van der Waals surface area contributed by atoms with Crippen LogP contribution in [0.3, 0.4) is 0 Å². The van der Waals surface area contributed by atoms with Crippen LogP contribution in [-0.2, 0) is 21.3 Å². The number of rotatable bonds is 3. The minimum atomic E-state index is -3.77. The highest BCUT2D eigenvalue weighted by atomic mass is 32.2. The summed E-state index contributed by atoms with van der Waals surface area (Å²) < 4.78 is 29.6. The molecule has 8 nitrogen and oxygen atoms in total. The van der Waals surface area contributed by atoms with Gasteiger partial charge in [0.25, 0.3) is 0 Å². The Labute approximate surface area is 116 Å². The molecule has 1 fully saturated rings. The summed E-state index contributed by atoms with van der Waals surface area (Å²) in [6.45, 7) is 2.24. The van der Waals surface area contributed by atoms with Gasteiger partial charge in [0.15, 0.2) is 5.65 Å². The lowest BCUT2D eigenvalue weighted by atomic mass is 10.0. The molecule has 2 N–H and O–H groups in total. The van der Waals surface area contributed by atoms with Gasteiger partial charge in [-0.2, -0.15) is 0 Å². The molecule has 3 rings (SSSR count). The van der Waals surface area contributed by atoms with Crippen LogP contribution in [0.2, 0.25) is 0 Å². The van der Waals surface area contributed by atoms with E-state index in [4.69, 9.17) is 9.88 Å². The molecule has 0 amide bonds. The zero-order chi connectivity index (χ0) is 14.2. The molecule has 1 saturated heterocycles. The fraction of sp³-hybridized carbons (Fsp3) is 0.545. The van der Waals surface area contributed by atoms with Crippen LogP contribution in [0.15, 0.2) is 17.2 Å². The standard InChI is InChI=1S/C11H15N5O3S/c12-20(17,18)9-5-10-11(13-6-9)16(15-14-10)7-8-1-3-19-4-2-8/h5-6,8H,1-4,7H2,(H2,12,17,18). The summed E-state index contributed by atoms with van der Waals surface area (Å²) >= 11 is 0. The van der Waals surface area contributed by atoms with Crippen molar-refractivity contribution in [3.05, 3.63) is 12.3 Å². The molecule has 0 spiro atoms. The van der Waals surface area contributed by atoms with E-state index in [0.29, 0.717) is 23.6 Å². The predicted octanol–water partition coefficient (Wildman–Crippen LogP) is -0.0997. The van der Waals surface area contributed by atoms with Crippen molar-refractivity contribution in [2.45, 2.75) is 24.3 Å². The number of fused-ring (bicyclic) bond motifs is 1. The number of pyridine rings is 1. The first-order valence-corrected chi connectivity index (χ1v) is 7.88. The molecular formula is C11H15N5O3S. The van der Waals surface area contributed by atoms with E-state index < -0.39 is 10.0 Å². The number of primary sulfonamides is 1. The highest BCUT2D eigenvalue weighted by Crippen LogP contribution is 2.19. The zero-order valence-corrected chi connectivity index (χ0v) is 11.6. The van der Waals surface area contributed by atoms with Crippen molar-refractivity contribution < 1.29 is 13.2 Å². The smallest absolute Gasteiger partial charge is 0.239 e. The summed E-state index contributed by atoms with van der Waals surface area (Å²) in [7, 11) is -3.77. The van der Waals surface area contributed by atoms with E-state index in [1.807, 2.05) is 0 Å². The molecule has 0 aromatic carbocycles. The van der Waals surface area contributed by atoms with Gasteiger partial charge in [0.1, 0.15) is 10.4 Å². The maximum Gasteiger partial charge on any atom is 0.239 e. The minimum Gasteiger partial charge on any atom is -0.381 e. The number of nitrogens with two attached hydrogens (primary N) is 1. The molecule has 9 heteroatoms. The molecule has 3 heterocycles. The third-order valence-corrected chi connectivity index (χ3v) is 4.31. The SMILES string of the molecule is NS(=O)(=O)c1cnc2c(c1)nnn2CC1CCOCC1. The summed E-state index contributed by atoms with van der Waals surface area (Å²) in [5.74, 6) is 0.480. The molecule has 0 unspecified atom stereocenters. The molecule has 108 valence electrons. The monoisotopic (exact) mass is 297 g/mol. The molecule has 1 aliphatic rings. The van der Waals surface area contributed by atoms with Crippen molar-refractivity contribution in [3.63, 3.8) is 0 Å². The highest BCUT2D eigenvalue weighted by molar-refractivity contribution is 7.89. The molecule has 2 aromatic heterocycles. The van der Waals surface area contributed by atoms with E-state index in [-0.39, 0.29) is 4.90 Å². The van der Waals surface area contributed by atoms with E-state index in [9.17, 15) is 8.42 Å². The quantitative estimate of drug-likeness (QED) is 0.846. The predicted molar refractivity (Wildman–Crippen MR) is 70.2 cm³/mol. The maximum absolute atomic E-state index is 11.3. The fourth-order valence-corrected chi connectivity index (χ4v) is 2.77. The Morgan fingerprint density at radius 2 is 2.15 bits per heavy atom. The van der Waals surface area contributed by atoms with E-state index >= 15 is 0 Å². The van der Waals surface area contributed by atoms with Crippen LogP contribution in [0.5, 0.6) is 0 Å². The van der Waals surface area contributed by atoms with Crippen molar-refractivity contribution in [1.82, 2.24) is 20.0 Å². The average Bonchev–Trinajstić information content (AvgIpc) is 2.81. The number of hydrogen-bond acceptors (Lipinski definition) is 6. The van der Waals surface area contributed by atoms with Gasteiger partial charge in [-0.25, -0.2) is 23.2 Å². The third kappa shape index (κ3) is 2.65. The summed E-state index contributed by atoms with van der Waals surface area (Å²) in [5.41, 5.74) is 1.01. The highest BCUT2D eigenvalue weighted by Gasteiger charge is 2.18. The van der Waals surface area contributed by atoms with E-state index in [0.717, 1.165) is 26.1 Å². The Bertz CT molecular complexity index is 721. The van der Waals surface area contributed by atoms with Crippen molar-refractivity contribution in [3.8, 4) is 0 Å². The number of ether oxygens (including phenoxy) is 1. The average molecular weight is 297 g/mol. The van der Waals surface area contributed by atoms with Gasteiger partial charge >= 0.3 is 0 Å². The van der Waals surface area contributed by atoms with Gasteiger partial charge in [-0.3, -0.25) is 0 Å². The second-order valence-electron chi connectivity index (χ2n) is 4.89. The summed E-state index contributed by atoms with van der Waals surface area (Å²) in [4.78, 5) is 4.07. The molecule has 0 saturated carbocycles. The first-order valence-electron chi connectivity index (χ1n) is 6.34. The largest absolute Gasteiger partial charge is 0.381 e. The summed E-state index contributed by atoms with van der Waals surface area (Å²) in [6.07, 6.45) is 3.20. The third-order valence-electron chi connectivity index (χ3n) is 3.43. The van der Waals surface area contributed by atoms with Gasteiger partial charge in [-0.05, 0) is 24.8 Å². The van der Waals surface area contributed by atoms with Crippen molar-refractivity contribution in [1.29, 1.82) is 0 Å². The zero-order valence-electron chi connectivity index (χ0n) is 10.8. The Balaban J connectivity index is 1.89. The number of aromatic nitrogens is 4. The second kappa shape index (κ2) is 5.08. The van der Waals surface area contributed by atoms with Gasteiger partial charge < -0.3 is 4.74 Å². The first kappa shape index (κ1) is 13.4. The van der Waals surface area contributed by atoms with Gasteiger partial charge in [0, 0.05) is 26.0 Å². The Kier molecular flexibility index (Phi) is 3.40. The van der Waals surface area contributed by atoms with E-state index in [2.05, 4.69) is 15.3 Å². The van der Waals surface area contributed by atoms with Gasteiger partial charge in [-0.15, -0.1) is 5.10 Å². The molecule has 0 bridgehead atoms. The Morgan fingerprint density at radius 3 is 2.85 bits per heavy atom. The Morgan fingerprint density at radius 1 is 1.40 bits per heavy atom. The van der Waals surface area contributed by atoms with Crippen molar-refractivity contribution >= 4 is 21.2 Å². The van der Waals surface area contributed by atoms with Crippen molar-refractivity contribution in [2.24, 2.45) is 11.1 Å². The van der Waals surface area contributed by atoms with E-state index in [1.165, 1.54) is 12.3 Å². The van der Waals surface area contributed by atoms with Crippen LogP contribution in [0.4, 0.5) is 0 Å². The molecule has 1 aliphatic heterocycles. The van der Waals surface area contributed by atoms with Crippen LogP contribution in [0, 0.1) is 5.92 Å². The minimum absolute atomic E-state index is 0.0527. The maximum atomic E-state index is 11.3. The summed E-state index contributed by atoms with van der Waals surface area (Å²) in [6, 6.07) is 1.39.